The highest BCUT2D eigenvalue weighted by Gasteiger charge is 2.27. The van der Waals surface area contributed by atoms with Crippen LogP contribution < -0.4 is 15.8 Å². The first-order chi connectivity index (χ1) is 11.8. The maximum atomic E-state index is 10.3. The summed E-state index contributed by atoms with van der Waals surface area (Å²) in [4.78, 5) is 10.3. The van der Waals surface area contributed by atoms with E-state index in [1.165, 1.54) is 16.7 Å². The van der Waals surface area contributed by atoms with Crippen LogP contribution in [-0.2, 0) is 17.6 Å². The van der Waals surface area contributed by atoms with Crippen LogP contribution in [0.15, 0.2) is 48.5 Å². The maximum absolute atomic E-state index is 10.3. The number of carbonyl (C=O) groups is 1. The first-order valence-corrected chi connectivity index (χ1v) is 8.50. The first-order valence-electron chi connectivity index (χ1n) is 8.50. The lowest BCUT2D eigenvalue weighted by atomic mass is 9.76. The molecule has 2 unspecified atom stereocenters. The second-order valence-electron chi connectivity index (χ2n) is 6.28. The van der Waals surface area contributed by atoms with Gasteiger partial charge in [-0.3, -0.25) is 4.79 Å². The second kappa shape index (κ2) is 9.44. The van der Waals surface area contributed by atoms with Crippen LogP contribution in [-0.4, -0.2) is 25.6 Å². The second-order valence-corrected chi connectivity index (χ2v) is 6.28. The van der Waals surface area contributed by atoms with Gasteiger partial charge in [-0.05, 0) is 48.1 Å². The molecule has 2 atom stereocenters. The van der Waals surface area contributed by atoms with Crippen LogP contribution in [0.25, 0.3) is 0 Å². The minimum absolute atomic E-state index is 0. The lowest BCUT2D eigenvalue weighted by molar-refractivity contribution is -0.109. The molecule has 0 radical (unpaired) electrons. The van der Waals surface area contributed by atoms with Gasteiger partial charge in [0.2, 0.25) is 6.41 Å². The van der Waals surface area contributed by atoms with E-state index in [4.69, 9.17) is 10.5 Å². The van der Waals surface area contributed by atoms with Gasteiger partial charge in [0.1, 0.15) is 12.4 Å². The Hall–Kier alpha value is -2.04. The number of nitrogens with one attached hydrogen (secondary N) is 1. The van der Waals surface area contributed by atoms with Crippen molar-refractivity contribution in [1.29, 1.82) is 0 Å². The third kappa shape index (κ3) is 4.97. The van der Waals surface area contributed by atoms with Crippen molar-refractivity contribution in [2.75, 3.05) is 13.2 Å². The fourth-order valence-corrected chi connectivity index (χ4v) is 3.41. The number of nitrogens with two attached hydrogens (primary N) is 1. The van der Waals surface area contributed by atoms with Crippen LogP contribution in [0.4, 0.5) is 0 Å². The van der Waals surface area contributed by atoms with Crippen LogP contribution in [0.2, 0.25) is 0 Å². The molecule has 0 spiro atoms. The molecule has 3 N–H and O–H groups in total. The number of hydrogen-bond donors (Lipinski definition) is 2. The van der Waals surface area contributed by atoms with E-state index in [1.54, 1.807) is 0 Å². The van der Waals surface area contributed by atoms with Crippen molar-refractivity contribution in [3.63, 3.8) is 0 Å². The molecule has 0 bridgehead atoms. The standard InChI is InChI=1S/C20H24N2O2.ClH/c21-20-9-7-16-6-8-17(24-11-10-22-14-23)13-18(16)19(20)12-15-4-2-1-3-5-15;/h1-6,8,13-14,19-20H,7,9-12,21H2,(H,22,23);1H. The number of aryl methyl sites for hydroxylation is 1. The summed E-state index contributed by atoms with van der Waals surface area (Å²) in [5.41, 5.74) is 10.4. The first kappa shape index (κ1) is 19.3. The summed E-state index contributed by atoms with van der Waals surface area (Å²) in [6.45, 7) is 0.973. The van der Waals surface area contributed by atoms with Crippen molar-refractivity contribution in [3.05, 3.63) is 65.2 Å². The van der Waals surface area contributed by atoms with E-state index in [-0.39, 0.29) is 18.4 Å². The SMILES string of the molecule is Cl.NC1CCc2ccc(OCCNC=O)cc2C1Cc1ccccc1. The van der Waals surface area contributed by atoms with Crippen molar-refractivity contribution >= 4 is 18.8 Å². The van der Waals surface area contributed by atoms with E-state index in [1.807, 2.05) is 12.1 Å². The Kier molecular flexibility index (Phi) is 7.29. The van der Waals surface area contributed by atoms with E-state index < -0.39 is 0 Å². The number of ether oxygens (including phenoxy) is 1. The van der Waals surface area contributed by atoms with Gasteiger partial charge in [-0.25, -0.2) is 0 Å². The number of hydrogen-bond acceptors (Lipinski definition) is 3. The highest BCUT2D eigenvalue weighted by molar-refractivity contribution is 5.85. The quantitative estimate of drug-likeness (QED) is 0.589. The van der Waals surface area contributed by atoms with Gasteiger partial charge in [0.25, 0.3) is 0 Å². The molecule has 2 aromatic rings. The molecule has 0 saturated heterocycles. The number of carbonyl (C=O) groups excluding carboxylic acids is 1. The Bertz CT molecular complexity index is 679. The van der Waals surface area contributed by atoms with Crippen LogP contribution in [0.5, 0.6) is 5.75 Å². The Morgan fingerprint density at radius 1 is 1.20 bits per heavy atom. The van der Waals surface area contributed by atoms with Crippen molar-refractivity contribution in [2.45, 2.75) is 31.2 Å². The molecule has 5 heteroatoms. The molecule has 3 rings (SSSR count). The van der Waals surface area contributed by atoms with E-state index in [9.17, 15) is 4.79 Å². The molecule has 25 heavy (non-hydrogen) atoms. The van der Waals surface area contributed by atoms with Crippen LogP contribution in [0, 0.1) is 0 Å². The fraction of sp³-hybridized carbons (Fsp3) is 0.350. The van der Waals surface area contributed by atoms with Crippen molar-refractivity contribution < 1.29 is 9.53 Å². The predicted molar refractivity (Wildman–Crippen MR) is 102 cm³/mol. The highest BCUT2D eigenvalue weighted by Crippen LogP contribution is 2.35. The third-order valence-electron chi connectivity index (χ3n) is 4.68. The lowest BCUT2D eigenvalue weighted by Gasteiger charge is -2.32. The van der Waals surface area contributed by atoms with E-state index in [0.717, 1.165) is 25.0 Å². The van der Waals surface area contributed by atoms with Crippen LogP contribution in [0.3, 0.4) is 0 Å². The molecule has 0 heterocycles. The minimum Gasteiger partial charge on any atom is -0.492 e. The molecule has 1 aliphatic rings. The topological polar surface area (TPSA) is 64.3 Å². The van der Waals surface area contributed by atoms with Gasteiger partial charge in [-0.15, -0.1) is 12.4 Å². The Morgan fingerprint density at radius 2 is 2.00 bits per heavy atom. The number of halogens is 1. The maximum Gasteiger partial charge on any atom is 0.207 e. The zero-order valence-electron chi connectivity index (χ0n) is 14.2. The van der Waals surface area contributed by atoms with Crippen molar-refractivity contribution in [1.82, 2.24) is 5.32 Å². The molecular weight excluding hydrogens is 336 g/mol. The number of fused-ring (bicyclic) bond motifs is 1. The zero-order chi connectivity index (χ0) is 16.8. The smallest absolute Gasteiger partial charge is 0.207 e. The van der Waals surface area contributed by atoms with Crippen LogP contribution >= 0.6 is 12.4 Å². The zero-order valence-corrected chi connectivity index (χ0v) is 15.0. The van der Waals surface area contributed by atoms with Crippen molar-refractivity contribution in [2.24, 2.45) is 5.73 Å². The largest absolute Gasteiger partial charge is 0.492 e. The average Bonchev–Trinajstić information content (AvgIpc) is 2.62. The monoisotopic (exact) mass is 360 g/mol. The van der Waals surface area contributed by atoms with E-state index in [2.05, 4.69) is 41.7 Å². The van der Waals surface area contributed by atoms with Gasteiger partial charge in [-0.2, -0.15) is 0 Å². The van der Waals surface area contributed by atoms with E-state index in [0.29, 0.717) is 25.5 Å². The molecule has 0 saturated carbocycles. The molecule has 1 aliphatic carbocycles. The highest BCUT2D eigenvalue weighted by atomic mass is 35.5. The van der Waals surface area contributed by atoms with Crippen LogP contribution in [0.1, 0.15) is 29.0 Å². The van der Waals surface area contributed by atoms with Gasteiger partial charge in [-0.1, -0.05) is 36.4 Å². The molecule has 2 aromatic carbocycles. The molecule has 4 nitrogen and oxygen atoms in total. The lowest BCUT2D eigenvalue weighted by Crippen LogP contribution is -2.34. The number of amides is 1. The predicted octanol–water partition coefficient (Wildman–Crippen LogP) is 2.83. The average molecular weight is 361 g/mol. The third-order valence-corrected chi connectivity index (χ3v) is 4.68. The van der Waals surface area contributed by atoms with Gasteiger partial charge in [0, 0.05) is 12.0 Å². The summed E-state index contributed by atoms with van der Waals surface area (Å²) < 4.78 is 5.75. The van der Waals surface area contributed by atoms with Gasteiger partial charge in [0.05, 0.1) is 6.54 Å². The molecule has 0 aliphatic heterocycles. The summed E-state index contributed by atoms with van der Waals surface area (Å²) >= 11 is 0. The Balaban J connectivity index is 0.00000225. The summed E-state index contributed by atoms with van der Waals surface area (Å²) in [5.74, 6) is 1.15. The Morgan fingerprint density at radius 3 is 2.76 bits per heavy atom. The summed E-state index contributed by atoms with van der Waals surface area (Å²) in [6.07, 6.45) is 3.68. The molecule has 0 fully saturated rings. The Labute approximate surface area is 155 Å². The van der Waals surface area contributed by atoms with Crippen molar-refractivity contribution in [3.8, 4) is 5.75 Å². The molecular formula is C20H25ClN2O2. The normalized spacial score (nSPS) is 18.6. The summed E-state index contributed by atoms with van der Waals surface area (Å²) in [5, 5.41) is 2.60. The van der Waals surface area contributed by atoms with Gasteiger partial charge >= 0.3 is 0 Å². The number of rotatable bonds is 7. The fourth-order valence-electron chi connectivity index (χ4n) is 3.41. The minimum atomic E-state index is 0. The summed E-state index contributed by atoms with van der Waals surface area (Å²) in [7, 11) is 0. The molecule has 0 aromatic heterocycles. The molecule has 1 amide bonds. The summed E-state index contributed by atoms with van der Waals surface area (Å²) in [6, 6.07) is 17.0. The van der Waals surface area contributed by atoms with E-state index >= 15 is 0 Å². The molecule has 134 valence electrons. The van der Waals surface area contributed by atoms with Gasteiger partial charge < -0.3 is 15.8 Å². The van der Waals surface area contributed by atoms with Gasteiger partial charge in [0.15, 0.2) is 0 Å². The number of benzene rings is 2.